The summed E-state index contributed by atoms with van der Waals surface area (Å²) < 4.78 is 27.4. The highest BCUT2D eigenvalue weighted by molar-refractivity contribution is 7.92. The normalized spacial score (nSPS) is 12.2. The molecular formula is C11H20O6S. The van der Waals surface area contributed by atoms with Crippen LogP contribution < -0.4 is 0 Å². The van der Waals surface area contributed by atoms with Crippen LogP contribution in [0.2, 0.25) is 0 Å². The van der Waals surface area contributed by atoms with E-state index in [1.165, 1.54) is 0 Å². The van der Waals surface area contributed by atoms with Crippen molar-refractivity contribution in [3.63, 3.8) is 0 Å². The third-order valence-corrected chi connectivity index (χ3v) is 4.21. The minimum atomic E-state index is -3.61. The van der Waals surface area contributed by atoms with Crippen molar-refractivity contribution in [1.29, 1.82) is 0 Å². The first kappa shape index (κ1) is 16.9. The average molecular weight is 280 g/mol. The minimum Gasteiger partial charge on any atom is -0.480 e. The Morgan fingerprint density at radius 2 is 1.83 bits per heavy atom. The van der Waals surface area contributed by atoms with Crippen molar-refractivity contribution in [1.82, 2.24) is 0 Å². The summed E-state index contributed by atoms with van der Waals surface area (Å²) in [5.74, 6) is -2.93. The molecule has 0 aromatic rings. The van der Waals surface area contributed by atoms with Gasteiger partial charge in [0.2, 0.25) is 0 Å². The summed E-state index contributed by atoms with van der Waals surface area (Å²) in [4.78, 5) is 21.8. The number of sulfone groups is 1. The summed E-state index contributed by atoms with van der Waals surface area (Å²) in [6.45, 7) is 5.34. The highest BCUT2D eigenvalue weighted by atomic mass is 32.2. The fourth-order valence-corrected chi connectivity index (χ4v) is 2.12. The highest BCUT2D eigenvalue weighted by Gasteiger charge is 2.27. The van der Waals surface area contributed by atoms with Gasteiger partial charge in [-0.25, -0.2) is 8.42 Å². The lowest BCUT2D eigenvalue weighted by atomic mass is 9.91. The predicted octanol–water partition coefficient (Wildman–Crippen LogP) is 0.855. The molecule has 1 N–H and O–H groups in total. The van der Waals surface area contributed by atoms with E-state index in [-0.39, 0.29) is 24.7 Å². The van der Waals surface area contributed by atoms with Crippen LogP contribution >= 0.6 is 0 Å². The predicted molar refractivity (Wildman–Crippen MR) is 65.9 cm³/mol. The zero-order valence-corrected chi connectivity index (χ0v) is 11.7. The van der Waals surface area contributed by atoms with Crippen LogP contribution in [0.5, 0.6) is 0 Å². The topological polar surface area (TPSA) is 97.7 Å². The van der Waals surface area contributed by atoms with E-state index in [1.54, 1.807) is 13.8 Å². The Labute approximate surface area is 107 Å². The van der Waals surface area contributed by atoms with Crippen LogP contribution in [0.25, 0.3) is 0 Å². The van der Waals surface area contributed by atoms with Gasteiger partial charge in [-0.3, -0.25) is 9.59 Å². The second-order valence-electron chi connectivity index (χ2n) is 4.71. The molecule has 0 aliphatic rings. The smallest absolute Gasteiger partial charge is 0.318 e. The van der Waals surface area contributed by atoms with Crippen LogP contribution in [-0.2, 0) is 24.2 Å². The molecule has 0 aliphatic heterocycles. The van der Waals surface area contributed by atoms with Gasteiger partial charge in [-0.05, 0) is 26.7 Å². The molecule has 18 heavy (non-hydrogen) atoms. The number of rotatable bonds is 8. The number of carbonyl (C=O) groups excluding carboxylic acids is 1. The molecule has 0 rings (SSSR count). The zero-order valence-electron chi connectivity index (χ0n) is 10.9. The van der Waals surface area contributed by atoms with E-state index < -0.39 is 27.0 Å². The molecule has 0 saturated heterocycles. The lowest BCUT2D eigenvalue weighted by Crippen LogP contribution is -2.27. The maximum absolute atomic E-state index is 11.5. The first-order valence-electron chi connectivity index (χ1n) is 5.70. The van der Waals surface area contributed by atoms with Crippen molar-refractivity contribution in [3.05, 3.63) is 0 Å². The van der Waals surface area contributed by atoms with Gasteiger partial charge in [0.15, 0.2) is 9.84 Å². The Morgan fingerprint density at radius 3 is 2.28 bits per heavy atom. The Kier molecular flexibility index (Phi) is 6.31. The number of aliphatic carboxylic acids is 1. The molecule has 0 unspecified atom stereocenters. The molecule has 6 nitrogen and oxygen atoms in total. The average Bonchev–Trinajstić information content (AvgIpc) is 2.22. The Bertz CT molecular complexity index is 396. The van der Waals surface area contributed by atoms with Crippen LogP contribution in [0.15, 0.2) is 0 Å². The van der Waals surface area contributed by atoms with Crippen LogP contribution in [0, 0.1) is 5.41 Å². The van der Waals surface area contributed by atoms with Gasteiger partial charge in [-0.15, -0.1) is 0 Å². The molecule has 0 atom stereocenters. The van der Waals surface area contributed by atoms with Gasteiger partial charge in [-0.1, -0.05) is 6.92 Å². The van der Waals surface area contributed by atoms with E-state index >= 15 is 0 Å². The Hall–Kier alpha value is -1.11. The summed E-state index contributed by atoms with van der Waals surface area (Å²) >= 11 is 0. The van der Waals surface area contributed by atoms with Gasteiger partial charge in [-0.2, -0.15) is 0 Å². The van der Waals surface area contributed by atoms with Gasteiger partial charge in [0.25, 0.3) is 0 Å². The van der Waals surface area contributed by atoms with Gasteiger partial charge >= 0.3 is 11.9 Å². The van der Waals surface area contributed by atoms with E-state index in [0.717, 1.165) is 0 Å². The first-order chi connectivity index (χ1) is 8.10. The monoisotopic (exact) mass is 280 g/mol. The fraction of sp³-hybridized carbons (Fsp3) is 0.818. The van der Waals surface area contributed by atoms with Crippen LogP contribution in [0.1, 0.15) is 33.6 Å². The van der Waals surface area contributed by atoms with Crippen LogP contribution in [0.3, 0.4) is 0 Å². The minimum absolute atomic E-state index is 0.0128. The Balaban J connectivity index is 4.02. The summed E-state index contributed by atoms with van der Waals surface area (Å²) in [6.07, 6.45) is 0.740. The van der Waals surface area contributed by atoms with Gasteiger partial charge in [0.1, 0.15) is 5.75 Å². The van der Waals surface area contributed by atoms with Gasteiger partial charge in [0.05, 0.1) is 17.8 Å². The van der Waals surface area contributed by atoms with Crippen molar-refractivity contribution >= 4 is 21.8 Å². The molecule has 0 aromatic carbocycles. The van der Waals surface area contributed by atoms with Crippen LogP contribution in [0.4, 0.5) is 0 Å². The molecule has 0 radical (unpaired) electrons. The van der Waals surface area contributed by atoms with Crippen molar-refractivity contribution < 1.29 is 27.9 Å². The van der Waals surface area contributed by atoms with Crippen molar-refractivity contribution in [2.24, 2.45) is 5.41 Å². The highest BCUT2D eigenvalue weighted by Crippen LogP contribution is 2.21. The molecule has 0 fully saturated rings. The molecular weight excluding hydrogens is 260 g/mol. The number of esters is 1. The fourth-order valence-electron chi connectivity index (χ4n) is 1.04. The zero-order chi connectivity index (χ0) is 14.4. The van der Waals surface area contributed by atoms with Crippen molar-refractivity contribution in [2.75, 3.05) is 18.1 Å². The van der Waals surface area contributed by atoms with Crippen molar-refractivity contribution in [3.8, 4) is 0 Å². The quantitative estimate of drug-likeness (QED) is 0.523. The molecule has 0 aliphatic carbocycles. The second kappa shape index (κ2) is 6.72. The van der Waals surface area contributed by atoms with E-state index in [4.69, 9.17) is 9.84 Å². The number of hydrogen-bond acceptors (Lipinski definition) is 5. The number of carboxylic acids is 1. The molecule has 0 aromatic heterocycles. The SMILES string of the molecule is CCC(C)(C)C(=O)OCCCS(=O)(=O)CC(=O)O. The Morgan fingerprint density at radius 1 is 1.28 bits per heavy atom. The summed E-state index contributed by atoms with van der Waals surface area (Å²) in [5, 5.41) is 8.37. The molecule has 0 amide bonds. The van der Waals surface area contributed by atoms with Gasteiger partial charge in [0, 0.05) is 0 Å². The standard InChI is InChI=1S/C11H20O6S/c1-4-11(2,3)10(14)17-6-5-7-18(15,16)8-9(12)13/h4-8H2,1-3H3,(H,12,13). The van der Waals surface area contributed by atoms with Gasteiger partial charge < -0.3 is 9.84 Å². The summed E-state index contributed by atoms with van der Waals surface area (Å²) in [6, 6.07) is 0. The number of carbonyl (C=O) groups is 2. The largest absolute Gasteiger partial charge is 0.480 e. The van der Waals surface area contributed by atoms with Crippen LogP contribution in [-0.4, -0.2) is 43.6 Å². The number of ether oxygens (including phenoxy) is 1. The summed E-state index contributed by atoms with van der Waals surface area (Å²) in [7, 11) is -3.61. The van der Waals surface area contributed by atoms with E-state index in [9.17, 15) is 18.0 Å². The molecule has 0 spiro atoms. The third kappa shape index (κ3) is 6.58. The maximum atomic E-state index is 11.5. The lowest BCUT2D eigenvalue weighted by molar-refractivity contribution is -0.154. The molecule has 7 heteroatoms. The van der Waals surface area contributed by atoms with E-state index in [2.05, 4.69) is 0 Å². The van der Waals surface area contributed by atoms with E-state index in [1.807, 2.05) is 6.92 Å². The molecule has 0 bridgehead atoms. The molecule has 106 valence electrons. The lowest BCUT2D eigenvalue weighted by Gasteiger charge is -2.20. The van der Waals surface area contributed by atoms with E-state index in [0.29, 0.717) is 6.42 Å². The number of carboxylic acid groups (broad SMARTS) is 1. The first-order valence-corrected chi connectivity index (χ1v) is 7.52. The molecule has 0 saturated carbocycles. The molecule has 0 heterocycles. The second-order valence-corrected chi connectivity index (χ2v) is 6.90. The third-order valence-electron chi connectivity index (χ3n) is 2.61. The maximum Gasteiger partial charge on any atom is 0.318 e. The summed E-state index contributed by atoms with van der Waals surface area (Å²) in [5.41, 5.74) is -0.583. The van der Waals surface area contributed by atoms with Crippen molar-refractivity contribution in [2.45, 2.75) is 33.6 Å². The number of hydrogen-bond donors (Lipinski definition) is 1.